The maximum Gasteiger partial charge on any atom is 0.310 e. The summed E-state index contributed by atoms with van der Waals surface area (Å²) in [5.74, 6) is -0.0860. The van der Waals surface area contributed by atoms with Crippen LogP contribution in [-0.2, 0) is 9.53 Å². The van der Waals surface area contributed by atoms with E-state index in [9.17, 15) is 4.79 Å². The number of cyclic esters (lactones) is 1. The van der Waals surface area contributed by atoms with Crippen molar-refractivity contribution in [3.8, 4) is 0 Å². The first kappa shape index (κ1) is 18.8. The van der Waals surface area contributed by atoms with Crippen LogP contribution in [0.5, 0.6) is 0 Å². The molecule has 3 aromatic carbocycles. The molecule has 0 aromatic heterocycles. The quantitative estimate of drug-likeness (QED) is 0.466. The summed E-state index contributed by atoms with van der Waals surface area (Å²) in [7, 11) is -1.98. The Balaban J connectivity index is 0.00000196. The second-order valence-corrected chi connectivity index (χ2v) is 10.00. The van der Waals surface area contributed by atoms with Crippen LogP contribution in [0.25, 0.3) is 0 Å². The Kier molecular flexibility index (Phi) is 5.90. The van der Waals surface area contributed by atoms with Crippen molar-refractivity contribution in [2.24, 2.45) is 0 Å². The zero-order chi connectivity index (χ0) is 17.1. The number of carbonyl (C=O) groups excluding carboxylic acids is 1. The van der Waals surface area contributed by atoms with Crippen LogP contribution in [0.2, 0.25) is 0 Å². The predicted octanol–water partition coefficient (Wildman–Crippen LogP) is 3.87. The molecule has 0 saturated carbocycles. The zero-order valence-corrected chi connectivity index (χ0v) is 16.9. The van der Waals surface area contributed by atoms with Gasteiger partial charge in [0.1, 0.15) is 35.4 Å². The van der Waals surface area contributed by atoms with Gasteiger partial charge in [0, 0.05) is 0 Å². The van der Waals surface area contributed by atoms with Gasteiger partial charge in [0.15, 0.2) is 0 Å². The molecule has 0 amide bonds. The summed E-state index contributed by atoms with van der Waals surface area (Å²) >= 11 is 0. The molecular formula is C22H21BrO2P+. The number of benzene rings is 3. The molecule has 0 N–H and O–H groups in total. The number of hydrogen-bond acceptors (Lipinski definition) is 2. The minimum absolute atomic E-state index is 0. The van der Waals surface area contributed by atoms with Crippen LogP contribution in [0.4, 0.5) is 0 Å². The van der Waals surface area contributed by atoms with E-state index in [0.717, 1.165) is 0 Å². The maximum absolute atomic E-state index is 12.0. The number of rotatable bonds is 4. The lowest BCUT2D eigenvalue weighted by atomic mass is 10.3. The first-order valence-electron chi connectivity index (χ1n) is 8.53. The fraction of sp³-hybridized carbons (Fsp3) is 0.136. The van der Waals surface area contributed by atoms with Gasteiger partial charge in [-0.25, -0.2) is 0 Å². The molecule has 0 bridgehead atoms. The number of halogens is 1. The Hall–Kier alpha value is -1.96. The fourth-order valence-corrected chi connectivity index (χ4v) is 8.62. The van der Waals surface area contributed by atoms with Crippen molar-refractivity contribution >= 4 is 46.1 Å². The normalized spacial score (nSPS) is 16.6. The van der Waals surface area contributed by atoms with E-state index in [4.69, 9.17) is 4.74 Å². The lowest BCUT2D eigenvalue weighted by Crippen LogP contribution is -2.39. The van der Waals surface area contributed by atoms with Gasteiger partial charge in [0.25, 0.3) is 0 Å². The van der Waals surface area contributed by atoms with Crippen molar-refractivity contribution in [3.05, 3.63) is 91.0 Å². The van der Waals surface area contributed by atoms with Crippen LogP contribution < -0.4 is 15.9 Å². The monoisotopic (exact) mass is 427 g/mol. The molecule has 2 nitrogen and oxygen atoms in total. The van der Waals surface area contributed by atoms with Crippen LogP contribution in [-0.4, -0.2) is 18.2 Å². The van der Waals surface area contributed by atoms with Crippen LogP contribution in [0.1, 0.15) is 6.42 Å². The van der Waals surface area contributed by atoms with E-state index in [-0.39, 0.29) is 28.6 Å². The van der Waals surface area contributed by atoms with Crippen LogP contribution in [0, 0.1) is 0 Å². The summed E-state index contributed by atoms with van der Waals surface area (Å²) < 4.78 is 5.42. The third kappa shape index (κ3) is 3.22. The molecule has 26 heavy (non-hydrogen) atoms. The standard InChI is InChI=1S/C22H20O2P.BrH/c23-22-16-21(17-24-22)25(18-10-4-1-5-11-18,19-12-6-2-7-13-19)20-14-8-3-9-15-20;/h1-15,21H,16-17H2;1H/q+1;. The molecule has 4 rings (SSSR count). The minimum atomic E-state index is -1.98. The molecule has 0 aliphatic carbocycles. The second-order valence-electron chi connectivity index (χ2n) is 6.27. The van der Waals surface area contributed by atoms with E-state index in [2.05, 4.69) is 72.8 Å². The van der Waals surface area contributed by atoms with Gasteiger partial charge in [-0.1, -0.05) is 54.6 Å². The summed E-state index contributed by atoms with van der Waals surface area (Å²) in [4.78, 5) is 12.0. The van der Waals surface area contributed by atoms with Crippen LogP contribution in [0.3, 0.4) is 0 Å². The molecule has 1 atom stereocenters. The molecule has 3 aromatic rings. The summed E-state index contributed by atoms with van der Waals surface area (Å²) in [5.41, 5.74) is 0.173. The molecule has 1 aliphatic heterocycles. The summed E-state index contributed by atoms with van der Waals surface area (Å²) in [6.45, 7) is 0.491. The summed E-state index contributed by atoms with van der Waals surface area (Å²) in [6, 6.07) is 31.9. The van der Waals surface area contributed by atoms with Crippen LogP contribution >= 0.6 is 24.2 Å². The highest BCUT2D eigenvalue weighted by Crippen LogP contribution is 2.61. The molecule has 132 valence electrons. The SMILES string of the molecule is Br.O=C1CC([P+](c2ccccc2)(c2ccccc2)c2ccccc2)CO1. The highest BCUT2D eigenvalue weighted by molar-refractivity contribution is 8.93. The third-order valence-corrected chi connectivity index (χ3v) is 9.64. The van der Waals surface area contributed by atoms with Gasteiger partial charge in [-0.3, -0.25) is 4.79 Å². The lowest BCUT2D eigenvalue weighted by molar-refractivity contribution is -0.137. The van der Waals surface area contributed by atoms with Crippen molar-refractivity contribution in [3.63, 3.8) is 0 Å². The number of hydrogen-bond donors (Lipinski definition) is 0. The van der Waals surface area contributed by atoms with E-state index >= 15 is 0 Å². The lowest BCUT2D eigenvalue weighted by Gasteiger charge is -2.31. The average molecular weight is 428 g/mol. The Morgan fingerprint density at radius 3 is 1.38 bits per heavy atom. The second kappa shape index (κ2) is 8.16. The molecule has 1 saturated heterocycles. The van der Waals surface area contributed by atoms with E-state index in [1.165, 1.54) is 15.9 Å². The van der Waals surface area contributed by atoms with Gasteiger partial charge < -0.3 is 4.74 Å². The highest BCUT2D eigenvalue weighted by Gasteiger charge is 2.55. The Morgan fingerprint density at radius 1 is 0.692 bits per heavy atom. The first-order valence-corrected chi connectivity index (χ1v) is 10.4. The molecule has 0 spiro atoms. The third-order valence-electron chi connectivity index (χ3n) is 4.88. The van der Waals surface area contributed by atoms with Crippen molar-refractivity contribution < 1.29 is 9.53 Å². The fourth-order valence-electron chi connectivity index (χ4n) is 3.82. The maximum atomic E-state index is 12.0. The number of carbonyl (C=O) groups is 1. The highest BCUT2D eigenvalue weighted by atomic mass is 79.9. The van der Waals surface area contributed by atoms with Crippen molar-refractivity contribution in [2.45, 2.75) is 12.1 Å². The molecule has 1 fully saturated rings. The van der Waals surface area contributed by atoms with Gasteiger partial charge in [-0.15, -0.1) is 17.0 Å². The largest absolute Gasteiger partial charge is 0.461 e. The minimum Gasteiger partial charge on any atom is -0.461 e. The van der Waals surface area contributed by atoms with Gasteiger partial charge in [0.2, 0.25) is 0 Å². The van der Waals surface area contributed by atoms with E-state index in [1.807, 2.05) is 18.2 Å². The van der Waals surface area contributed by atoms with Crippen molar-refractivity contribution in [1.82, 2.24) is 0 Å². The van der Waals surface area contributed by atoms with Crippen molar-refractivity contribution in [1.29, 1.82) is 0 Å². The average Bonchev–Trinajstić information content (AvgIpc) is 3.12. The molecule has 1 unspecified atom stereocenters. The number of ether oxygens (including phenoxy) is 1. The Bertz CT molecular complexity index is 756. The first-order chi connectivity index (χ1) is 12.3. The van der Waals surface area contributed by atoms with Gasteiger partial charge >= 0.3 is 5.97 Å². The molecule has 4 heteroatoms. The van der Waals surface area contributed by atoms with E-state index in [1.54, 1.807) is 0 Å². The van der Waals surface area contributed by atoms with Crippen LogP contribution in [0.15, 0.2) is 91.0 Å². The van der Waals surface area contributed by atoms with E-state index in [0.29, 0.717) is 13.0 Å². The van der Waals surface area contributed by atoms with Gasteiger partial charge in [0.05, 0.1) is 6.42 Å². The number of esters is 1. The molecule has 1 aliphatic rings. The van der Waals surface area contributed by atoms with Gasteiger partial charge in [-0.05, 0) is 36.4 Å². The topological polar surface area (TPSA) is 26.3 Å². The Morgan fingerprint density at radius 2 is 1.08 bits per heavy atom. The molecule has 1 heterocycles. The molecular weight excluding hydrogens is 407 g/mol. The Labute approximate surface area is 165 Å². The smallest absolute Gasteiger partial charge is 0.310 e. The predicted molar refractivity (Wildman–Crippen MR) is 115 cm³/mol. The zero-order valence-electron chi connectivity index (χ0n) is 14.3. The molecule has 0 radical (unpaired) electrons. The summed E-state index contributed by atoms with van der Waals surface area (Å²) in [5, 5.41) is 3.90. The van der Waals surface area contributed by atoms with Crippen molar-refractivity contribution in [2.75, 3.05) is 6.61 Å². The van der Waals surface area contributed by atoms with Gasteiger partial charge in [-0.2, -0.15) is 0 Å². The summed E-state index contributed by atoms with van der Waals surface area (Å²) in [6.07, 6.45) is 0.479. The van der Waals surface area contributed by atoms with E-state index < -0.39 is 7.26 Å².